The minimum Gasteiger partial charge on any atom is -0.384 e. The molecule has 0 aliphatic carbocycles. The fourth-order valence-corrected chi connectivity index (χ4v) is 5.21. The van der Waals surface area contributed by atoms with Gasteiger partial charge in [-0.2, -0.15) is 4.31 Å². The summed E-state index contributed by atoms with van der Waals surface area (Å²) in [4.78, 5) is 13.4. The normalized spacial score (nSPS) is 18.8. The zero-order valence-electron chi connectivity index (χ0n) is 11.0. The van der Waals surface area contributed by atoms with Gasteiger partial charge in [-0.25, -0.2) is 8.42 Å². The molecule has 1 fully saturated rings. The summed E-state index contributed by atoms with van der Waals surface area (Å²) in [5, 5.41) is 0. The molecule has 8 heteroatoms. The SMILES string of the molecule is COCC1CCN(S(=O)(=O)c2sc(=O)[nH]c2C)CC1. The molecule has 1 aliphatic rings. The molecule has 0 radical (unpaired) electrons. The molecule has 19 heavy (non-hydrogen) atoms. The number of sulfonamides is 1. The fraction of sp³-hybridized carbons (Fsp3) is 0.727. The van der Waals surface area contributed by atoms with Gasteiger partial charge in [-0.3, -0.25) is 4.79 Å². The summed E-state index contributed by atoms with van der Waals surface area (Å²) in [6, 6.07) is 0. The van der Waals surface area contributed by atoms with Gasteiger partial charge in [0.05, 0.1) is 0 Å². The number of aryl methyl sites for hydroxylation is 1. The second kappa shape index (κ2) is 5.74. The van der Waals surface area contributed by atoms with E-state index in [0.29, 0.717) is 31.3 Å². The van der Waals surface area contributed by atoms with Crippen LogP contribution in [0.25, 0.3) is 0 Å². The number of aromatic nitrogens is 1. The Bertz CT molecular complexity index is 582. The average molecular weight is 306 g/mol. The van der Waals surface area contributed by atoms with Crippen LogP contribution in [0, 0.1) is 12.8 Å². The summed E-state index contributed by atoms with van der Waals surface area (Å²) >= 11 is 0.761. The van der Waals surface area contributed by atoms with E-state index in [2.05, 4.69) is 4.98 Å². The largest absolute Gasteiger partial charge is 0.384 e. The maximum Gasteiger partial charge on any atom is 0.305 e. The maximum absolute atomic E-state index is 12.4. The first-order chi connectivity index (χ1) is 8.95. The highest BCUT2D eigenvalue weighted by atomic mass is 32.2. The average Bonchev–Trinajstić information content (AvgIpc) is 2.70. The van der Waals surface area contributed by atoms with Gasteiger partial charge in [-0.15, -0.1) is 0 Å². The number of hydrogen-bond acceptors (Lipinski definition) is 5. The number of aromatic amines is 1. The van der Waals surface area contributed by atoms with Gasteiger partial charge in [-0.1, -0.05) is 11.3 Å². The summed E-state index contributed by atoms with van der Waals surface area (Å²) in [5.74, 6) is 0.419. The Morgan fingerprint density at radius 1 is 1.42 bits per heavy atom. The van der Waals surface area contributed by atoms with Gasteiger partial charge in [0.2, 0.25) is 0 Å². The number of ether oxygens (including phenoxy) is 1. The van der Waals surface area contributed by atoms with Gasteiger partial charge in [0.1, 0.15) is 0 Å². The van der Waals surface area contributed by atoms with Crippen molar-refractivity contribution in [3.05, 3.63) is 15.4 Å². The number of nitrogens with one attached hydrogen (secondary N) is 1. The fourth-order valence-electron chi connectivity index (χ4n) is 2.31. The first kappa shape index (κ1) is 14.7. The molecular weight excluding hydrogens is 288 g/mol. The molecule has 1 aromatic rings. The lowest BCUT2D eigenvalue weighted by atomic mass is 9.99. The van der Waals surface area contributed by atoms with Crippen molar-refractivity contribution in [2.45, 2.75) is 24.0 Å². The predicted octanol–water partition coefficient (Wildman–Crippen LogP) is 0.792. The molecule has 1 N–H and O–H groups in total. The monoisotopic (exact) mass is 306 g/mol. The topological polar surface area (TPSA) is 79.5 Å². The van der Waals surface area contributed by atoms with Crippen LogP contribution in [-0.4, -0.2) is 44.5 Å². The molecule has 0 aromatic carbocycles. The highest BCUT2D eigenvalue weighted by molar-refractivity contribution is 7.91. The van der Waals surface area contributed by atoms with Crippen molar-refractivity contribution < 1.29 is 13.2 Å². The number of nitrogens with zero attached hydrogens (tertiary/aromatic N) is 1. The molecule has 0 unspecified atom stereocenters. The molecule has 2 heterocycles. The lowest BCUT2D eigenvalue weighted by molar-refractivity contribution is 0.121. The molecule has 6 nitrogen and oxygen atoms in total. The number of H-pyrrole nitrogens is 1. The Balaban J connectivity index is 2.14. The van der Waals surface area contributed by atoms with Crippen molar-refractivity contribution in [3.63, 3.8) is 0 Å². The summed E-state index contributed by atoms with van der Waals surface area (Å²) in [7, 11) is -1.87. The summed E-state index contributed by atoms with van der Waals surface area (Å²) in [6.07, 6.45) is 1.59. The van der Waals surface area contributed by atoms with E-state index >= 15 is 0 Å². The number of thiazole rings is 1. The van der Waals surface area contributed by atoms with Crippen LogP contribution in [0.15, 0.2) is 9.00 Å². The van der Waals surface area contributed by atoms with Crippen LogP contribution in [0.3, 0.4) is 0 Å². The van der Waals surface area contributed by atoms with Gasteiger partial charge >= 0.3 is 4.87 Å². The van der Waals surface area contributed by atoms with Crippen molar-refractivity contribution in [2.75, 3.05) is 26.8 Å². The first-order valence-electron chi connectivity index (χ1n) is 6.14. The van der Waals surface area contributed by atoms with Gasteiger partial charge in [-0.05, 0) is 25.7 Å². The zero-order chi connectivity index (χ0) is 14.0. The van der Waals surface area contributed by atoms with Gasteiger partial charge in [0.15, 0.2) is 4.21 Å². The smallest absolute Gasteiger partial charge is 0.305 e. The van der Waals surface area contributed by atoms with Crippen LogP contribution in [0.4, 0.5) is 0 Å². The molecule has 1 aliphatic heterocycles. The molecule has 108 valence electrons. The Morgan fingerprint density at radius 3 is 2.53 bits per heavy atom. The molecule has 0 saturated carbocycles. The molecule has 0 amide bonds. The molecule has 0 bridgehead atoms. The molecule has 2 rings (SSSR count). The molecule has 1 aromatic heterocycles. The van der Waals surface area contributed by atoms with E-state index in [-0.39, 0.29) is 9.08 Å². The quantitative estimate of drug-likeness (QED) is 0.892. The van der Waals surface area contributed by atoms with Gasteiger partial charge in [0.25, 0.3) is 10.0 Å². The van der Waals surface area contributed by atoms with E-state index in [0.717, 1.165) is 24.2 Å². The lowest BCUT2D eigenvalue weighted by Crippen LogP contribution is -2.39. The van der Waals surface area contributed by atoms with E-state index in [9.17, 15) is 13.2 Å². The summed E-state index contributed by atoms with van der Waals surface area (Å²) in [5.41, 5.74) is 0.425. The highest BCUT2D eigenvalue weighted by Gasteiger charge is 2.31. The van der Waals surface area contributed by atoms with Crippen LogP contribution < -0.4 is 4.87 Å². The van der Waals surface area contributed by atoms with Crippen LogP contribution in [0.5, 0.6) is 0 Å². The second-order valence-electron chi connectivity index (χ2n) is 4.73. The third kappa shape index (κ3) is 3.07. The van der Waals surface area contributed by atoms with E-state index in [1.807, 2.05) is 0 Å². The molecule has 0 atom stereocenters. The molecule has 1 saturated heterocycles. The van der Waals surface area contributed by atoms with Crippen molar-refractivity contribution >= 4 is 21.4 Å². The van der Waals surface area contributed by atoms with Crippen molar-refractivity contribution in [3.8, 4) is 0 Å². The van der Waals surface area contributed by atoms with Crippen LogP contribution in [-0.2, 0) is 14.8 Å². The van der Waals surface area contributed by atoms with E-state index < -0.39 is 10.0 Å². The predicted molar refractivity (Wildman–Crippen MR) is 73.0 cm³/mol. The third-order valence-electron chi connectivity index (χ3n) is 3.33. The summed E-state index contributed by atoms with van der Waals surface area (Å²) in [6.45, 7) is 3.26. The minimum absolute atomic E-state index is 0.141. The van der Waals surface area contributed by atoms with Crippen LogP contribution >= 0.6 is 11.3 Å². The standard InChI is InChI=1S/C11H18N2O4S2/c1-8-10(18-11(14)12-8)19(15,16)13-5-3-9(4-6-13)7-17-2/h9H,3-7H2,1-2H3,(H,12,14). The van der Waals surface area contributed by atoms with Crippen molar-refractivity contribution in [1.82, 2.24) is 9.29 Å². The van der Waals surface area contributed by atoms with E-state index in [1.165, 1.54) is 4.31 Å². The Labute approximate surface area is 116 Å². The Kier molecular flexibility index (Phi) is 4.44. The van der Waals surface area contributed by atoms with Gasteiger partial charge < -0.3 is 9.72 Å². The van der Waals surface area contributed by atoms with Crippen LogP contribution in [0.1, 0.15) is 18.5 Å². The Hall–Kier alpha value is -0.700. The maximum atomic E-state index is 12.4. The number of piperidine rings is 1. The van der Waals surface area contributed by atoms with E-state index in [4.69, 9.17) is 4.74 Å². The number of rotatable bonds is 4. The first-order valence-corrected chi connectivity index (χ1v) is 8.39. The summed E-state index contributed by atoms with van der Waals surface area (Å²) < 4.78 is 31.6. The van der Waals surface area contributed by atoms with E-state index in [1.54, 1.807) is 14.0 Å². The zero-order valence-corrected chi connectivity index (χ0v) is 12.6. The lowest BCUT2D eigenvalue weighted by Gasteiger charge is -2.30. The highest BCUT2D eigenvalue weighted by Crippen LogP contribution is 2.26. The second-order valence-corrected chi connectivity index (χ2v) is 7.85. The molecular formula is C11H18N2O4S2. The minimum atomic E-state index is -3.53. The third-order valence-corrected chi connectivity index (χ3v) is 6.81. The van der Waals surface area contributed by atoms with Crippen molar-refractivity contribution in [1.29, 1.82) is 0 Å². The number of hydrogen-bond donors (Lipinski definition) is 1. The van der Waals surface area contributed by atoms with Gasteiger partial charge in [0, 0.05) is 32.5 Å². The van der Waals surface area contributed by atoms with Crippen molar-refractivity contribution in [2.24, 2.45) is 5.92 Å². The molecule has 0 spiro atoms. The Morgan fingerprint density at radius 2 is 2.05 bits per heavy atom. The number of methoxy groups -OCH3 is 1. The van der Waals surface area contributed by atoms with Crippen LogP contribution in [0.2, 0.25) is 0 Å².